The van der Waals surface area contributed by atoms with Crippen molar-refractivity contribution in [2.75, 3.05) is 19.0 Å². The van der Waals surface area contributed by atoms with Crippen LogP contribution in [0.15, 0.2) is 60.9 Å². The molecule has 0 saturated heterocycles. The zero-order chi connectivity index (χ0) is 24.4. The van der Waals surface area contributed by atoms with E-state index in [1.54, 1.807) is 36.3 Å². The number of amides is 2. The number of hydrogen-bond donors (Lipinski definition) is 3. The number of fused-ring (bicyclic) bond motifs is 1. The molecule has 0 fully saturated rings. The van der Waals surface area contributed by atoms with E-state index in [0.717, 1.165) is 33.8 Å². The van der Waals surface area contributed by atoms with E-state index in [-0.39, 0.29) is 11.8 Å². The van der Waals surface area contributed by atoms with Crippen LogP contribution in [-0.4, -0.2) is 45.4 Å². The lowest BCUT2D eigenvalue weighted by Gasteiger charge is -2.10. The third kappa shape index (κ3) is 4.43. The molecule has 0 aliphatic carbocycles. The Morgan fingerprint density at radius 3 is 2.77 bits per heavy atom. The summed E-state index contributed by atoms with van der Waals surface area (Å²) < 4.78 is 6.92. The van der Waals surface area contributed by atoms with E-state index in [1.807, 2.05) is 49.4 Å². The molecule has 3 heterocycles. The number of nitrogens with one attached hydrogen (secondary N) is 3. The van der Waals surface area contributed by atoms with Crippen LogP contribution in [-0.2, 0) is 11.3 Å². The number of nitrogens with zero attached hydrogens (tertiary/aromatic N) is 3. The molecule has 1 aliphatic heterocycles. The molecule has 0 spiro atoms. The number of hydrogen-bond acceptors (Lipinski definition) is 5. The molecular weight excluding hydrogens is 444 g/mol. The third-order valence-electron chi connectivity index (χ3n) is 5.84. The minimum atomic E-state index is -0.233. The molecule has 0 unspecified atom stereocenters. The summed E-state index contributed by atoms with van der Waals surface area (Å²) in [5.74, 6) is 0.307. The molecule has 9 heteroatoms. The van der Waals surface area contributed by atoms with Crippen LogP contribution in [0.2, 0.25) is 0 Å². The third-order valence-corrected chi connectivity index (χ3v) is 5.84. The highest BCUT2D eigenvalue weighted by atomic mass is 16.5. The van der Waals surface area contributed by atoms with Gasteiger partial charge in [-0.1, -0.05) is 29.5 Å². The molecule has 2 amide bonds. The fraction of sp³-hybridized carbons (Fsp3) is 0.154. The quantitative estimate of drug-likeness (QED) is 0.359. The zero-order valence-corrected chi connectivity index (χ0v) is 19.3. The van der Waals surface area contributed by atoms with Crippen molar-refractivity contribution in [2.24, 2.45) is 0 Å². The lowest BCUT2D eigenvalue weighted by atomic mass is 9.94. The van der Waals surface area contributed by atoms with E-state index in [4.69, 9.17) is 4.74 Å². The van der Waals surface area contributed by atoms with Gasteiger partial charge in [-0.15, -0.1) is 5.10 Å². The Bertz CT molecular complexity index is 1420. The summed E-state index contributed by atoms with van der Waals surface area (Å²) in [7, 11) is 1.62. The molecule has 5 rings (SSSR count). The minimum absolute atomic E-state index is 0.217. The summed E-state index contributed by atoms with van der Waals surface area (Å²) in [5.41, 5.74) is 5.75. The number of anilines is 1. The first-order chi connectivity index (χ1) is 17.0. The second-order valence-electron chi connectivity index (χ2n) is 8.17. The Morgan fingerprint density at radius 2 is 2.03 bits per heavy atom. The van der Waals surface area contributed by atoms with Crippen LogP contribution in [0.25, 0.3) is 22.8 Å². The van der Waals surface area contributed by atoms with Crippen LogP contribution in [0.1, 0.15) is 27.3 Å². The molecule has 0 bridgehead atoms. The topological polar surface area (TPSA) is 114 Å². The van der Waals surface area contributed by atoms with Gasteiger partial charge < -0.3 is 20.4 Å². The summed E-state index contributed by atoms with van der Waals surface area (Å²) in [5, 5.41) is 13.5. The second-order valence-corrected chi connectivity index (χ2v) is 8.17. The largest absolute Gasteiger partial charge is 0.497 e. The molecule has 2 aromatic heterocycles. The first-order valence-corrected chi connectivity index (χ1v) is 11.2. The number of aromatic amines is 1. The van der Waals surface area contributed by atoms with Gasteiger partial charge in [0.1, 0.15) is 5.75 Å². The summed E-state index contributed by atoms with van der Waals surface area (Å²) >= 11 is 0. The first kappa shape index (κ1) is 22.1. The van der Waals surface area contributed by atoms with Gasteiger partial charge in [-0.3, -0.25) is 14.3 Å². The fourth-order valence-electron chi connectivity index (χ4n) is 4.19. The van der Waals surface area contributed by atoms with E-state index in [9.17, 15) is 9.59 Å². The van der Waals surface area contributed by atoms with Gasteiger partial charge in [0.15, 0.2) is 0 Å². The molecule has 4 aromatic rings. The number of benzene rings is 2. The van der Waals surface area contributed by atoms with Crippen LogP contribution in [0, 0.1) is 6.92 Å². The molecule has 2 aromatic carbocycles. The summed E-state index contributed by atoms with van der Waals surface area (Å²) in [4.78, 5) is 29.1. The standard InChI is InChI=1S/C26H24N6O3/c1-16-14-20(25(33)27-10-12-32-13-11-28-31-32)23(29-16)15-21-24-19(4-3-5-22(24)30-26(21)34)17-6-8-18(35-2)9-7-17/h3-9,11,13-15,29H,10,12H2,1-2H3,(H,27,33)(H,30,34). The maximum atomic E-state index is 13.0. The molecule has 0 radical (unpaired) electrons. The normalized spacial score (nSPS) is 13.5. The fourth-order valence-corrected chi connectivity index (χ4v) is 4.19. The number of rotatable bonds is 7. The Morgan fingerprint density at radius 1 is 1.20 bits per heavy atom. The number of carbonyl (C=O) groups excluding carboxylic acids is 2. The van der Waals surface area contributed by atoms with Crippen LogP contribution in [0.3, 0.4) is 0 Å². The number of H-pyrrole nitrogens is 1. The highest BCUT2D eigenvalue weighted by molar-refractivity contribution is 6.36. The molecule has 0 atom stereocenters. The highest BCUT2D eigenvalue weighted by Crippen LogP contribution is 2.40. The predicted octanol–water partition coefficient (Wildman–Crippen LogP) is 3.51. The Labute approximate surface area is 201 Å². The molecule has 176 valence electrons. The monoisotopic (exact) mass is 468 g/mol. The maximum Gasteiger partial charge on any atom is 0.256 e. The van der Waals surface area contributed by atoms with E-state index >= 15 is 0 Å². The SMILES string of the molecule is COc1ccc(-c2cccc3c2C(=Cc2[nH]c(C)cc2C(=O)NCCn2ccnn2)C(=O)N3)cc1. The van der Waals surface area contributed by atoms with E-state index < -0.39 is 0 Å². The van der Waals surface area contributed by atoms with Gasteiger partial charge in [-0.2, -0.15) is 0 Å². The lowest BCUT2D eigenvalue weighted by molar-refractivity contribution is -0.110. The Kier molecular flexibility index (Phi) is 5.88. The van der Waals surface area contributed by atoms with Crippen LogP contribution in [0.4, 0.5) is 5.69 Å². The van der Waals surface area contributed by atoms with Gasteiger partial charge in [0.05, 0.1) is 36.7 Å². The molecule has 0 saturated carbocycles. The van der Waals surface area contributed by atoms with Crippen molar-refractivity contribution < 1.29 is 14.3 Å². The average Bonchev–Trinajstić information content (AvgIpc) is 3.59. The lowest BCUT2D eigenvalue weighted by Crippen LogP contribution is -2.27. The Hall–Kier alpha value is -4.66. The number of carbonyl (C=O) groups is 2. The van der Waals surface area contributed by atoms with E-state index in [1.165, 1.54) is 0 Å². The summed E-state index contributed by atoms with van der Waals surface area (Å²) in [6.07, 6.45) is 5.07. The van der Waals surface area contributed by atoms with Gasteiger partial charge in [-0.25, -0.2) is 0 Å². The molecule has 3 N–H and O–H groups in total. The van der Waals surface area contributed by atoms with Crippen LogP contribution < -0.4 is 15.4 Å². The number of methoxy groups -OCH3 is 1. The number of aromatic nitrogens is 4. The van der Waals surface area contributed by atoms with Crippen molar-refractivity contribution in [3.8, 4) is 16.9 Å². The van der Waals surface area contributed by atoms with Gasteiger partial charge in [0, 0.05) is 29.7 Å². The van der Waals surface area contributed by atoms with Crippen molar-refractivity contribution in [3.63, 3.8) is 0 Å². The zero-order valence-electron chi connectivity index (χ0n) is 19.3. The minimum Gasteiger partial charge on any atom is -0.497 e. The molecule has 35 heavy (non-hydrogen) atoms. The van der Waals surface area contributed by atoms with Crippen molar-refractivity contribution >= 4 is 29.2 Å². The van der Waals surface area contributed by atoms with Crippen LogP contribution in [0.5, 0.6) is 5.75 Å². The first-order valence-electron chi connectivity index (χ1n) is 11.2. The second kappa shape index (κ2) is 9.30. The molecule has 1 aliphatic rings. The highest BCUT2D eigenvalue weighted by Gasteiger charge is 2.28. The maximum absolute atomic E-state index is 13.0. The van der Waals surface area contributed by atoms with E-state index in [2.05, 4.69) is 25.9 Å². The molecular formula is C26H24N6O3. The van der Waals surface area contributed by atoms with Gasteiger partial charge in [-0.05, 0) is 48.4 Å². The average molecular weight is 469 g/mol. The summed E-state index contributed by atoms with van der Waals surface area (Å²) in [6.45, 7) is 2.78. The van der Waals surface area contributed by atoms with Gasteiger partial charge >= 0.3 is 0 Å². The van der Waals surface area contributed by atoms with Crippen molar-refractivity contribution in [2.45, 2.75) is 13.5 Å². The smallest absolute Gasteiger partial charge is 0.256 e. The van der Waals surface area contributed by atoms with Crippen molar-refractivity contribution in [1.29, 1.82) is 0 Å². The van der Waals surface area contributed by atoms with Crippen LogP contribution >= 0.6 is 0 Å². The van der Waals surface area contributed by atoms with Crippen molar-refractivity contribution in [1.82, 2.24) is 25.3 Å². The number of aryl methyl sites for hydroxylation is 1. The van der Waals surface area contributed by atoms with E-state index in [0.29, 0.717) is 29.9 Å². The molecule has 9 nitrogen and oxygen atoms in total. The number of ether oxygens (including phenoxy) is 1. The van der Waals surface area contributed by atoms with Gasteiger partial charge in [0.25, 0.3) is 11.8 Å². The predicted molar refractivity (Wildman–Crippen MR) is 133 cm³/mol. The summed E-state index contributed by atoms with van der Waals surface area (Å²) in [6, 6.07) is 15.2. The van der Waals surface area contributed by atoms with Gasteiger partial charge in [0.2, 0.25) is 0 Å². The Balaban J connectivity index is 1.47. The van der Waals surface area contributed by atoms with Crippen molar-refractivity contribution in [3.05, 3.63) is 83.4 Å².